The van der Waals surface area contributed by atoms with E-state index in [4.69, 9.17) is 10.2 Å². The molecule has 0 aromatic carbocycles. The van der Waals surface area contributed by atoms with Crippen LogP contribution in [0.2, 0.25) is 0 Å². The van der Waals surface area contributed by atoms with Gasteiger partial charge in [0.1, 0.15) is 5.76 Å². The summed E-state index contributed by atoms with van der Waals surface area (Å²) in [6.07, 6.45) is 6.84. The van der Waals surface area contributed by atoms with Crippen LogP contribution in [0.15, 0.2) is 29.0 Å². The Morgan fingerprint density at radius 3 is 2.90 bits per heavy atom. The summed E-state index contributed by atoms with van der Waals surface area (Å²) in [6, 6.07) is 3.82. The van der Waals surface area contributed by atoms with Gasteiger partial charge in [-0.3, -0.25) is 5.10 Å². The van der Waals surface area contributed by atoms with Crippen LogP contribution in [0.3, 0.4) is 0 Å². The SMILES string of the molecule is Cl.Nc1nc(CCCc2nn[nH]c2Cc2ccco2)c[nH]1. The van der Waals surface area contributed by atoms with Gasteiger partial charge in [-0.25, -0.2) is 4.98 Å². The fraction of sp³-hybridized carbons (Fsp3) is 0.308. The normalized spacial score (nSPS) is 10.5. The van der Waals surface area contributed by atoms with Gasteiger partial charge >= 0.3 is 0 Å². The molecule has 0 radical (unpaired) electrons. The summed E-state index contributed by atoms with van der Waals surface area (Å²) in [5.74, 6) is 1.36. The average molecular weight is 309 g/mol. The highest BCUT2D eigenvalue weighted by molar-refractivity contribution is 5.85. The zero-order chi connectivity index (χ0) is 13.8. The first-order valence-corrected chi connectivity index (χ1v) is 6.52. The maximum Gasteiger partial charge on any atom is 0.197 e. The van der Waals surface area contributed by atoms with Gasteiger partial charge in [-0.2, -0.15) is 0 Å². The second-order valence-electron chi connectivity index (χ2n) is 4.62. The van der Waals surface area contributed by atoms with Gasteiger partial charge in [0.2, 0.25) is 0 Å². The lowest BCUT2D eigenvalue weighted by molar-refractivity contribution is 0.518. The topological polar surface area (TPSA) is 109 Å². The van der Waals surface area contributed by atoms with Gasteiger partial charge in [-0.05, 0) is 31.4 Å². The van der Waals surface area contributed by atoms with Crippen molar-refractivity contribution in [3.8, 4) is 0 Å². The van der Waals surface area contributed by atoms with Crippen molar-refractivity contribution in [2.45, 2.75) is 25.7 Å². The first-order valence-electron chi connectivity index (χ1n) is 6.52. The van der Waals surface area contributed by atoms with Gasteiger partial charge in [0.15, 0.2) is 5.95 Å². The third-order valence-corrected chi connectivity index (χ3v) is 3.13. The number of aromatic amines is 2. The van der Waals surface area contributed by atoms with Crippen molar-refractivity contribution in [2.75, 3.05) is 5.73 Å². The molecular weight excluding hydrogens is 292 g/mol. The van der Waals surface area contributed by atoms with Crippen molar-refractivity contribution in [1.29, 1.82) is 0 Å². The first-order chi connectivity index (χ1) is 9.81. The van der Waals surface area contributed by atoms with E-state index in [9.17, 15) is 0 Å². The second-order valence-corrected chi connectivity index (χ2v) is 4.62. The number of rotatable bonds is 6. The second kappa shape index (κ2) is 6.94. The summed E-state index contributed by atoms with van der Waals surface area (Å²) in [5, 5.41) is 10.9. The molecule has 21 heavy (non-hydrogen) atoms. The van der Waals surface area contributed by atoms with Crippen LogP contribution in [-0.4, -0.2) is 25.4 Å². The van der Waals surface area contributed by atoms with Gasteiger partial charge in [0, 0.05) is 12.6 Å². The Hall–Kier alpha value is -2.28. The van der Waals surface area contributed by atoms with E-state index in [-0.39, 0.29) is 12.4 Å². The summed E-state index contributed by atoms with van der Waals surface area (Å²) < 4.78 is 5.33. The van der Waals surface area contributed by atoms with E-state index in [1.165, 1.54) is 0 Å². The lowest BCUT2D eigenvalue weighted by atomic mass is 10.1. The molecule has 3 aromatic heterocycles. The number of hydrogen-bond donors (Lipinski definition) is 3. The van der Waals surface area contributed by atoms with Crippen LogP contribution in [0.4, 0.5) is 5.95 Å². The standard InChI is InChI=1S/C13H16N6O.ClH/c14-13-15-8-9(16-13)3-1-5-11-12(18-19-17-11)7-10-4-2-6-20-10;/h2,4,6,8H,1,3,5,7H2,(H3,14,15,16)(H,17,18,19);1H. The minimum absolute atomic E-state index is 0. The van der Waals surface area contributed by atoms with E-state index in [0.29, 0.717) is 12.4 Å². The average Bonchev–Trinajstić information content (AvgIpc) is 3.15. The van der Waals surface area contributed by atoms with Crippen molar-refractivity contribution >= 4 is 18.4 Å². The Balaban J connectivity index is 0.00000161. The zero-order valence-electron chi connectivity index (χ0n) is 11.4. The number of aromatic nitrogens is 5. The van der Waals surface area contributed by atoms with Gasteiger partial charge in [0.25, 0.3) is 0 Å². The molecule has 0 unspecified atom stereocenters. The Morgan fingerprint density at radius 1 is 1.29 bits per heavy atom. The molecule has 0 saturated carbocycles. The predicted molar refractivity (Wildman–Crippen MR) is 80.2 cm³/mol. The van der Waals surface area contributed by atoms with Gasteiger partial charge in [0.05, 0.1) is 23.3 Å². The minimum Gasteiger partial charge on any atom is -0.469 e. The van der Waals surface area contributed by atoms with Crippen molar-refractivity contribution < 1.29 is 4.42 Å². The van der Waals surface area contributed by atoms with Crippen LogP contribution in [0.1, 0.15) is 29.3 Å². The van der Waals surface area contributed by atoms with E-state index >= 15 is 0 Å². The Labute approximate surface area is 127 Å². The minimum atomic E-state index is 0. The molecule has 0 aliphatic carbocycles. The molecule has 0 spiro atoms. The molecule has 4 N–H and O–H groups in total. The molecule has 7 nitrogen and oxygen atoms in total. The van der Waals surface area contributed by atoms with Crippen LogP contribution in [0.25, 0.3) is 0 Å². The number of anilines is 1. The fourth-order valence-corrected chi connectivity index (χ4v) is 2.14. The summed E-state index contributed by atoms with van der Waals surface area (Å²) in [5.41, 5.74) is 8.49. The van der Waals surface area contributed by atoms with Crippen molar-refractivity contribution in [1.82, 2.24) is 25.4 Å². The lowest BCUT2D eigenvalue weighted by Crippen LogP contribution is -1.97. The van der Waals surface area contributed by atoms with Crippen LogP contribution >= 0.6 is 12.4 Å². The van der Waals surface area contributed by atoms with Crippen molar-refractivity contribution in [3.63, 3.8) is 0 Å². The fourth-order valence-electron chi connectivity index (χ4n) is 2.14. The molecule has 0 aliphatic heterocycles. The number of halogens is 1. The first kappa shape index (κ1) is 15.1. The Bertz CT molecular complexity index is 660. The van der Waals surface area contributed by atoms with Gasteiger partial charge in [-0.15, -0.1) is 17.5 Å². The van der Waals surface area contributed by atoms with Crippen LogP contribution in [0, 0.1) is 0 Å². The van der Waals surface area contributed by atoms with E-state index in [2.05, 4.69) is 25.4 Å². The van der Waals surface area contributed by atoms with Crippen LogP contribution < -0.4 is 5.73 Å². The number of aryl methyl sites for hydroxylation is 2. The highest BCUT2D eigenvalue weighted by Crippen LogP contribution is 2.13. The van der Waals surface area contributed by atoms with Crippen LogP contribution in [0.5, 0.6) is 0 Å². The maximum atomic E-state index is 5.54. The zero-order valence-corrected chi connectivity index (χ0v) is 12.2. The van der Waals surface area contributed by atoms with E-state index in [0.717, 1.165) is 42.1 Å². The number of furan rings is 1. The molecule has 0 saturated heterocycles. The third-order valence-electron chi connectivity index (χ3n) is 3.13. The van der Waals surface area contributed by atoms with Crippen molar-refractivity contribution in [3.05, 3.63) is 47.4 Å². The molecule has 3 rings (SSSR count). The summed E-state index contributed by atoms with van der Waals surface area (Å²) in [4.78, 5) is 7.05. The molecule has 3 heterocycles. The molecule has 0 amide bonds. The highest BCUT2D eigenvalue weighted by atomic mass is 35.5. The van der Waals surface area contributed by atoms with Gasteiger partial charge in [-0.1, -0.05) is 5.21 Å². The summed E-state index contributed by atoms with van der Waals surface area (Å²) >= 11 is 0. The number of H-pyrrole nitrogens is 2. The Kier molecular flexibility index (Phi) is 4.99. The number of nitrogens with one attached hydrogen (secondary N) is 2. The molecule has 112 valence electrons. The molecular formula is C13H17ClN6O. The van der Waals surface area contributed by atoms with Crippen LogP contribution in [-0.2, 0) is 19.3 Å². The quantitative estimate of drug-likeness (QED) is 0.644. The smallest absolute Gasteiger partial charge is 0.197 e. The predicted octanol–water partition coefficient (Wildman–Crippen LogP) is 1.89. The number of nitrogen functional groups attached to an aromatic ring is 1. The lowest BCUT2D eigenvalue weighted by Gasteiger charge is -1.99. The maximum absolute atomic E-state index is 5.54. The molecule has 0 atom stereocenters. The molecule has 0 bridgehead atoms. The molecule has 0 aliphatic rings. The molecule has 3 aromatic rings. The summed E-state index contributed by atoms with van der Waals surface area (Å²) in [7, 11) is 0. The highest BCUT2D eigenvalue weighted by Gasteiger charge is 2.09. The number of nitrogens with zero attached hydrogens (tertiary/aromatic N) is 3. The van der Waals surface area contributed by atoms with Crippen molar-refractivity contribution in [2.24, 2.45) is 0 Å². The van der Waals surface area contributed by atoms with E-state index < -0.39 is 0 Å². The number of nitrogens with two attached hydrogens (primary N) is 1. The van der Waals surface area contributed by atoms with Gasteiger partial charge < -0.3 is 15.1 Å². The Morgan fingerprint density at radius 2 is 2.19 bits per heavy atom. The summed E-state index contributed by atoms with van der Waals surface area (Å²) in [6.45, 7) is 0. The number of hydrogen-bond acceptors (Lipinski definition) is 5. The monoisotopic (exact) mass is 308 g/mol. The largest absolute Gasteiger partial charge is 0.469 e. The molecule has 0 fully saturated rings. The van der Waals surface area contributed by atoms with E-state index in [1.54, 1.807) is 6.26 Å². The third kappa shape index (κ3) is 3.85. The molecule has 8 heteroatoms. The van der Waals surface area contributed by atoms with E-state index in [1.807, 2.05) is 18.3 Å². The number of imidazole rings is 1.